The first-order chi connectivity index (χ1) is 14.2. The molecule has 0 aliphatic heterocycles. The molecule has 0 aliphatic rings. The van der Waals surface area contributed by atoms with Gasteiger partial charge in [-0.2, -0.15) is 0 Å². The van der Waals surface area contributed by atoms with Crippen LogP contribution in [0.3, 0.4) is 0 Å². The van der Waals surface area contributed by atoms with Crippen molar-refractivity contribution in [2.45, 2.75) is 37.8 Å². The summed E-state index contributed by atoms with van der Waals surface area (Å²) in [5, 5.41) is 10.1. The Balaban J connectivity index is 1.61. The number of nitrogens with two attached hydrogens (primary N) is 1. The summed E-state index contributed by atoms with van der Waals surface area (Å²) in [6.07, 6.45) is 0. The lowest BCUT2D eigenvalue weighted by Gasteiger charge is -2.12. The fourth-order valence-electron chi connectivity index (χ4n) is 2.69. The van der Waals surface area contributed by atoms with Crippen molar-refractivity contribution >= 4 is 23.4 Å². The number of nitrogens with one attached hydrogen (secondary N) is 1. The van der Waals surface area contributed by atoms with Crippen LogP contribution in [0.15, 0.2) is 41.6 Å². The van der Waals surface area contributed by atoms with Gasteiger partial charge in [-0.1, -0.05) is 17.8 Å². The maximum Gasteiger partial charge on any atom is 0.237 e. The predicted molar refractivity (Wildman–Crippen MR) is 111 cm³/mol. The lowest BCUT2D eigenvalue weighted by Crippen LogP contribution is -2.24. The smallest absolute Gasteiger partial charge is 0.237 e. The number of ether oxygens (including phenoxy) is 1. The van der Waals surface area contributed by atoms with Crippen molar-refractivity contribution in [2.75, 3.05) is 11.2 Å². The monoisotopic (exact) mass is 433 g/mol. The van der Waals surface area contributed by atoms with E-state index in [0.717, 1.165) is 35.0 Å². The maximum atomic E-state index is 13.7. The molecular formula is C20H21F2N5O2S. The highest BCUT2D eigenvalue weighted by molar-refractivity contribution is 8.00. The zero-order valence-electron chi connectivity index (χ0n) is 16.6. The van der Waals surface area contributed by atoms with Gasteiger partial charge in [-0.25, -0.2) is 13.5 Å². The first-order valence-electron chi connectivity index (χ1n) is 9.06. The molecule has 3 aromatic rings. The number of benzene rings is 2. The Morgan fingerprint density at radius 3 is 2.57 bits per heavy atom. The standard InChI is InChI=1S/C20H21F2N5O2S/c1-11-6-12(2)8-15(7-11)29-10-18-25-26-20(27(18)23)30-13(3)19(28)24-17-5-4-14(21)9-16(17)22/h4-9,13H,10,23H2,1-3H3,(H,24,28). The fraction of sp³-hybridized carbons (Fsp3) is 0.250. The molecule has 2 aromatic carbocycles. The zero-order valence-corrected chi connectivity index (χ0v) is 17.5. The summed E-state index contributed by atoms with van der Waals surface area (Å²) in [6.45, 7) is 5.67. The van der Waals surface area contributed by atoms with Crippen molar-refractivity contribution in [1.82, 2.24) is 14.9 Å². The molecule has 0 saturated heterocycles. The largest absolute Gasteiger partial charge is 0.486 e. The second kappa shape index (κ2) is 9.12. The molecule has 0 saturated carbocycles. The molecule has 1 unspecified atom stereocenters. The fourth-order valence-corrected chi connectivity index (χ4v) is 3.48. The third-order valence-corrected chi connectivity index (χ3v) is 5.20. The molecule has 3 rings (SSSR count). The number of carbonyl (C=O) groups is 1. The van der Waals surface area contributed by atoms with E-state index in [1.807, 2.05) is 32.0 Å². The number of anilines is 1. The number of aryl methyl sites for hydroxylation is 2. The first-order valence-corrected chi connectivity index (χ1v) is 9.94. The van der Waals surface area contributed by atoms with Gasteiger partial charge in [-0.15, -0.1) is 10.2 Å². The molecule has 0 bridgehead atoms. The summed E-state index contributed by atoms with van der Waals surface area (Å²) in [5.74, 6) is 5.04. The van der Waals surface area contributed by atoms with Gasteiger partial charge in [0, 0.05) is 6.07 Å². The number of amides is 1. The van der Waals surface area contributed by atoms with E-state index in [1.165, 1.54) is 4.68 Å². The number of hydrogen-bond donors (Lipinski definition) is 2. The van der Waals surface area contributed by atoms with Gasteiger partial charge in [0.1, 0.15) is 24.0 Å². The van der Waals surface area contributed by atoms with Crippen LogP contribution in [-0.2, 0) is 11.4 Å². The molecule has 0 radical (unpaired) electrons. The molecule has 10 heteroatoms. The zero-order chi connectivity index (χ0) is 21.8. The number of rotatable bonds is 7. The van der Waals surface area contributed by atoms with Gasteiger partial charge in [0.15, 0.2) is 5.82 Å². The van der Waals surface area contributed by atoms with E-state index in [1.54, 1.807) is 6.92 Å². The van der Waals surface area contributed by atoms with Crippen molar-refractivity contribution in [3.8, 4) is 5.75 Å². The summed E-state index contributed by atoms with van der Waals surface area (Å²) >= 11 is 1.05. The van der Waals surface area contributed by atoms with E-state index >= 15 is 0 Å². The lowest BCUT2D eigenvalue weighted by molar-refractivity contribution is -0.115. The van der Waals surface area contributed by atoms with Gasteiger partial charge in [0.2, 0.25) is 11.1 Å². The molecule has 0 aliphatic carbocycles. The molecule has 158 valence electrons. The molecule has 7 nitrogen and oxygen atoms in total. The van der Waals surface area contributed by atoms with Gasteiger partial charge in [0.25, 0.3) is 0 Å². The van der Waals surface area contributed by atoms with Crippen molar-refractivity contribution < 1.29 is 18.3 Å². The summed E-state index contributed by atoms with van der Waals surface area (Å²) in [4.78, 5) is 12.3. The first kappa shape index (κ1) is 21.6. The van der Waals surface area contributed by atoms with Gasteiger partial charge >= 0.3 is 0 Å². The van der Waals surface area contributed by atoms with Gasteiger partial charge < -0.3 is 15.9 Å². The number of hydrogen-bond acceptors (Lipinski definition) is 6. The van der Waals surface area contributed by atoms with Crippen LogP contribution < -0.4 is 15.9 Å². The number of halogens is 2. The molecule has 0 spiro atoms. The Morgan fingerprint density at radius 2 is 1.90 bits per heavy atom. The Labute approximate surface area is 176 Å². The van der Waals surface area contributed by atoms with Crippen molar-refractivity contribution in [3.05, 3.63) is 65.0 Å². The second-order valence-electron chi connectivity index (χ2n) is 6.75. The predicted octanol–water partition coefficient (Wildman–Crippen LogP) is 3.59. The Morgan fingerprint density at radius 1 is 1.20 bits per heavy atom. The summed E-state index contributed by atoms with van der Waals surface area (Å²) in [5.41, 5.74) is 2.05. The van der Waals surface area contributed by atoms with Gasteiger partial charge in [-0.05, 0) is 56.2 Å². The van der Waals surface area contributed by atoms with Crippen LogP contribution in [-0.4, -0.2) is 26.0 Å². The minimum atomic E-state index is -0.853. The minimum absolute atomic E-state index is 0.105. The highest BCUT2D eigenvalue weighted by Crippen LogP contribution is 2.24. The summed E-state index contributed by atoms with van der Waals surface area (Å²) in [6, 6.07) is 8.77. The SMILES string of the molecule is Cc1cc(C)cc(OCc2nnc(SC(C)C(=O)Nc3ccc(F)cc3F)n2N)c1. The molecule has 0 fully saturated rings. The van der Waals surface area contributed by atoms with E-state index in [0.29, 0.717) is 22.8 Å². The topological polar surface area (TPSA) is 95.1 Å². The van der Waals surface area contributed by atoms with E-state index in [4.69, 9.17) is 10.6 Å². The number of aromatic nitrogens is 3. The van der Waals surface area contributed by atoms with E-state index in [-0.39, 0.29) is 12.3 Å². The number of thioether (sulfide) groups is 1. The molecule has 3 N–H and O–H groups in total. The van der Waals surface area contributed by atoms with Gasteiger partial charge in [-0.3, -0.25) is 4.79 Å². The summed E-state index contributed by atoms with van der Waals surface area (Å²) < 4.78 is 33.7. The molecule has 30 heavy (non-hydrogen) atoms. The quantitative estimate of drug-likeness (QED) is 0.437. The Kier molecular flexibility index (Phi) is 6.56. The lowest BCUT2D eigenvalue weighted by atomic mass is 10.1. The molecule has 1 atom stereocenters. The van der Waals surface area contributed by atoms with Crippen LogP contribution in [0.4, 0.5) is 14.5 Å². The molecule has 1 amide bonds. The molecular weight excluding hydrogens is 412 g/mol. The van der Waals surface area contributed by atoms with Crippen LogP contribution in [0.2, 0.25) is 0 Å². The Bertz CT molecular complexity index is 1050. The molecule has 1 aromatic heterocycles. The highest BCUT2D eigenvalue weighted by Gasteiger charge is 2.20. The van der Waals surface area contributed by atoms with E-state index in [9.17, 15) is 13.6 Å². The van der Waals surface area contributed by atoms with Crippen LogP contribution in [0.25, 0.3) is 0 Å². The van der Waals surface area contributed by atoms with E-state index in [2.05, 4.69) is 15.5 Å². The Hall–Kier alpha value is -3.14. The summed E-state index contributed by atoms with van der Waals surface area (Å²) in [7, 11) is 0. The normalized spacial score (nSPS) is 11.9. The highest BCUT2D eigenvalue weighted by atomic mass is 32.2. The number of carbonyl (C=O) groups excluding carboxylic acids is 1. The van der Waals surface area contributed by atoms with E-state index < -0.39 is 22.8 Å². The van der Waals surface area contributed by atoms with Crippen LogP contribution >= 0.6 is 11.8 Å². The van der Waals surface area contributed by atoms with Gasteiger partial charge in [0.05, 0.1) is 10.9 Å². The maximum absolute atomic E-state index is 13.7. The number of nitrogen functional groups attached to an aromatic ring is 1. The third-order valence-electron chi connectivity index (χ3n) is 4.14. The van der Waals surface area contributed by atoms with Crippen LogP contribution in [0.5, 0.6) is 5.75 Å². The second-order valence-corrected chi connectivity index (χ2v) is 8.06. The molecule has 1 heterocycles. The average molecular weight is 433 g/mol. The van der Waals surface area contributed by atoms with Crippen molar-refractivity contribution in [3.63, 3.8) is 0 Å². The minimum Gasteiger partial charge on any atom is -0.486 e. The van der Waals surface area contributed by atoms with Crippen molar-refractivity contribution in [1.29, 1.82) is 0 Å². The van der Waals surface area contributed by atoms with Crippen molar-refractivity contribution in [2.24, 2.45) is 0 Å². The van der Waals surface area contributed by atoms with Crippen LogP contribution in [0.1, 0.15) is 23.9 Å². The third kappa shape index (κ3) is 5.26. The number of nitrogens with zero attached hydrogens (tertiary/aromatic N) is 3. The van der Waals surface area contributed by atoms with Crippen LogP contribution in [0, 0.1) is 25.5 Å². The average Bonchev–Trinajstić information content (AvgIpc) is 3.01.